The van der Waals surface area contributed by atoms with E-state index in [4.69, 9.17) is 0 Å². The molecular formula is C17H25N3O4S2. The van der Waals surface area contributed by atoms with Gasteiger partial charge in [-0.15, -0.1) is 11.3 Å². The van der Waals surface area contributed by atoms with E-state index in [1.807, 2.05) is 17.5 Å². The number of carbonyl (C=O) groups excluding carboxylic acids is 2. The number of hydrogen-bond donors (Lipinski definition) is 1. The Morgan fingerprint density at radius 1 is 1.23 bits per heavy atom. The molecule has 1 atom stereocenters. The van der Waals surface area contributed by atoms with Gasteiger partial charge in [0, 0.05) is 39.3 Å². The first-order chi connectivity index (χ1) is 12.4. The van der Waals surface area contributed by atoms with E-state index < -0.39 is 9.84 Å². The van der Waals surface area contributed by atoms with Crippen molar-refractivity contribution in [2.75, 3.05) is 50.8 Å². The maximum absolute atomic E-state index is 12.5. The number of piperidine rings is 1. The summed E-state index contributed by atoms with van der Waals surface area (Å²) < 4.78 is 22.9. The molecule has 0 saturated carbocycles. The molecule has 2 amide bonds. The van der Waals surface area contributed by atoms with E-state index in [0.29, 0.717) is 44.1 Å². The normalized spacial score (nSPS) is 23.5. The molecule has 0 bridgehead atoms. The van der Waals surface area contributed by atoms with Gasteiger partial charge in [-0.2, -0.15) is 0 Å². The fraction of sp³-hybridized carbons (Fsp3) is 0.647. The molecule has 2 aliphatic rings. The van der Waals surface area contributed by atoms with Crippen LogP contribution in [0.2, 0.25) is 0 Å². The van der Waals surface area contributed by atoms with E-state index in [1.165, 1.54) is 11.3 Å². The van der Waals surface area contributed by atoms with Crippen LogP contribution in [0.1, 0.15) is 22.5 Å². The summed E-state index contributed by atoms with van der Waals surface area (Å²) in [5.41, 5.74) is 0. The van der Waals surface area contributed by atoms with Gasteiger partial charge >= 0.3 is 0 Å². The summed E-state index contributed by atoms with van der Waals surface area (Å²) in [6.45, 7) is 3.39. The Hall–Kier alpha value is -1.45. The van der Waals surface area contributed by atoms with Crippen LogP contribution in [0.4, 0.5) is 0 Å². The Bertz CT molecular complexity index is 719. The molecule has 3 rings (SSSR count). The third-order valence-electron chi connectivity index (χ3n) is 4.98. The highest BCUT2D eigenvalue weighted by molar-refractivity contribution is 7.91. The molecule has 1 N–H and O–H groups in total. The van der Waals surface area contributed by atoms with Crippen molar-refractivity contribution in [3.05, 3.63) is 22.4 Å². The van der Waals surface area contributed by atoms with Crippen molar-refractivity contribution in [3.63, 3.8) is 0 Å². The third-order valence-corrected chi connectivity index (χ3v) is 7.44. The molecule has 2 aliphatic heterocycles. The lowest BCUT2D eigenvalue weighted by Gasteiger charge is -2.32. The van der Waals surface area contributed by atoms with E-state index in [9.17, 15) is 18.0 Å². The number of carbonyl (C=O) groups is 2. The molecule has 144 valence electrons. The molecule has 7 nitrogen and oxygen atoms in total. The molecule has 1 aromatic rings. The number of thiophene rings is 1. The topological polar surface area (TPSA) is 86.8 Å². The standard InChI is InChI=1S/C17H25N3O4S2/c21-16(18-5-7-19-8-11-26(23,24)12-9-19)14-3-1-6-20(13-14)17(22)15-4-2-10-25-15/h2,4,10,14H,1,3,5-9,11-13H2,(H,18,21)/t14-/m0/s1. The van der Waals surface area contributed by atoms with E-state index in [1.54, 1.807) is 4.90 Å². The molecule has 0 spiro atoms. The summed E-state index contributed by atoms with van der Waals surface area (Å²) >= 11 is 1.42. The van der Waals surface area contributed by atoms with Crippen LogP contribution in [0.15, 0.2) is 17.5 Å². The lowest BCUT2D eigenvalue weighted by atomic mass is 9.97. The number of amides is 2. The van der Waals surface area contributed by atoms with Gasteiger partial charge in [0.05, 0.1) is 22.3 Å². The molecule has 0 unspecified atom stereocenters. The first-order valence-electron chi connectivity index (χ1n) is 8.98. The second kappa shape index (κ2) is 8.49. The van der Waals surface area contributed by atoms with Gasteiger partial charge in [0.1, 0.15) is 0 Å². The predicted molar refractivity (Wildman–Crippen MR) is 101 cm³/mol. The van der Waals surface area contributed by atoms with Crippen molar-refractivity contribution < 1.29 is 18.0 Å². The van der Waals surface area contributed by atoms with Crippen LogP contribution in [0.5, 0.6) is 0 Å². The summed E-state index contributed by atoms with van der Waals surface area (Å²) in [5.74, 6) is 0.215. The van der Waals surface area contributed by atoms with Gasteiger partial charge in [-0.05, 0) is 24.3 Å². The van der Waals surface area contributed by atoms with Crippen LogP contribution >= 0.6 is 11.3 Å². The molecule has 0 aliphatic carbocycles. The highest BCUT2D eigenvalue weighted by Gasteiger charge is 2.29. The first-order valence-corrected chi connectivity index (χ1v) is 11.7. The highest BCUT2D eigenvalue weighted by Crippen LogP contribution is 2.20. The molecule has 0 radical (unpaired) electrons. The minimum absolute atomic E-state index is 0.00651. The number of sulfone groups is 1. The largest absolute Gasteiger partial charge is 0.355 e. The van der Waals surface area contributed by atoms with Crippen molar-refractivity contribution in [1.29, 1.82) is 0 Å². The lowest BCUT2D eigenvalue weighted by Crippen LogP contribution is -2.47. The average Bonchev–Trinajstić information content (AvgIpc) is 3.17. The lowest BCUT2D eigenvalue weighted by molar-refractivity contribution is -0.126. The van der Waals surface area contributed by atoms with E-state index in [0.717, 1.165) is 12.8 Å². The van der Waals surface area contributed by atoms with Crippen molar-refractivity contribution in [2.24, 2.45) is 5.92 Å². The highest BCUT2D eigenvalue weighted by atomic mass is 32.2. The minimum atomic E-state index is -2.87. The van der Waals surface area contributed by atoms with E-state index in [-0.39, 0.29) is 29.2 Å². The zero-order valence-corrected chi connectivity index (χ0v) is 16.4. The van der Waals surface area contributed by atoms with Crippen LogP contribution in [0.3, 0.4) is 0 Å². The average molecular weight is 400 g/mol. The third kappa shape index (κ3) is 5.05. The van der Waals surface area contributed by atoms with Crippen LogP contribution in [-0.4, -0.2) is 80.8 Å². The first kappa shape index (κ1) is 19.3. The summed E-state index contributed by atoms with van der Waals surface area (Å²) in [6.07, 6.45) is 1.63. The molecule has 9 heteroatoms. The Morgan fingerprint density at radius 2 is 2.00 bits per heavy atom. The summed E-state index contributed by atoms with van der Waals surface area (Å²) in [4.78, 5) is 29.4. The zero-order valence-electron chi connectivity index (χ0n) is 14.7. The number of nitrogens with zero attached hydrogens (tertiary/aromatic N) is 2. The van der Waals surface area contributed by atoms with Gasteiger partial charge in [-0.3, -0.25) is 14.5 Å². The summed E-state index contributed by atoms with van der Waals surface area (Å²) in [5, 5.41) is 4.83. The second-order valence-corrected chi connectivity index (χ2v) is 10.1. The van der Waals surface area contributed by atoms with E-state index >= 15 is 0 Å². The van der Waals surface area contributed by atoms with Gasteiger partial charge in [0.15, 0.2) is 9.84 Å². The van der Waals surface area contributed by atoms with Crippen LogP contribution in [0.25, 0.3) is 0 Å². The molecule has 0 aromatic carbocycles. The van der Waals surface area contributed by atoms with Crippen LogP contribution < -0.4 is 5.32 Å². The molecular weight excluding hydrogens is 374 g/mol. The smallest absolute Gasteiger partial charge is 0.263 e. The van der Waals surface area contributed by atoms with Gasteiger partial charge in [0.2, 0.25) is 5.91 Å². The number of hydrogen-bond acceptors (Lipinski definition) is 6. The van der Waals surface area contributed by atoms with E-state index in [2.05, 4.69) is 10.2 Å². The fourth-order valence-electron chi connectivity index (χ4n) is 3.39. The Balaban J connectivity index is 1.42. The predicted octanol–water partition coefficient (Wildman–Crippen LogP) is 0.447. The summed E-state index contributed by atoms with van der Waals surface area (Å²) in [6, 6.07) is 3.67. The van der Waals surface area contributed by atoms with Crippen molar-refractivity contribution in [3.8, 4) is 0 Å². The number of nitrogens with one attached hydrogen (secondary N) is 1. The molecule has 26 heavy (non-hydrogen) atoms. The number of likely N-dealkylation sites (tertiary alicyclic amines) is 1. The molecule has 1 aromatic heterocycles. The van der Waals surface area contributed by atoms with Crippen molar-refractivity contribution >= 4 is 33.0 Å². The molecule has 3 heterocycles. The van der Waals surface area contributed by atoms with Gasteiger partial charge in [-0.25, -0.2) is 8.42 Å². The number of rotatable bonds is 5. The quantitative estimate of drug-likeness (QED) is 0.777. The van der Waals surface area contributed by atoms with Crippen LogP contribution in [-0.2, 0) is 14.6 Å². The fourth-order valence-corrected chi connectivity index (χ4v) is 5.35. The maximum atomic E-state index is 12.5. The second-order valence-electron chi connectivity index (χ2n) is 6.85. The van der Waals surface area contributed by atoms with Crippen molar-refractivity contribution in [1.82, 2.24) is 15.1 Å². The Kier molecular flexibility index (Phi) is 6.31. The SMILES string of the molecule is O=C(NCCN1CCS(=O)(=O)CC1)[C@H]1CCCN(C(=O)c2cccs2)C1. The summed E-state index contributed by atoms with van der Waals surface area (Å²) in [7, 11) is -2.87. The zero-order chi connectivity index (χ0) is 18.6. The minimum Gasteiger partial charge on any atom is -0.355 e. The molecule has 2 fully saturated rings. The Labute approximate surface area is 158 Å². The monoisotopic (exact) mass is 399 g/mol. The maximum Gasteiger partial charge on any atom is 0.263 e. The van der Waals surface area contributed by atoms with Gasteiger partial charge < -0.3 is 10.2 Å². The molecule has 2 saturated heterocycles. The van der Waals surface area contributed by atoms with Gasteiger partial charge in [-0.1, -0.05) is 6.07 Å². The Morgan fingerprint density at radius 3 is 2.69 bits per heavy atom. The van der Waals surface area contributed by atoms with Crippen LogP contribution in [0, 0.1) is 5.92 Å². The van der Waals surface area contributed by atoms with Crippen molar-refractivity contribution in [2.45, 2.75) is 12.8 Å². The van der Waals surface area contributed by atoms with Gasteiger partial charge in [0.25, 0.3) is 5.91 Å².